The molecule has 0 saturated heterocycles. The van der Waals surface area contributed by atoms with Crippen molar-refractivity contribution < 1.29 is 14.5 Å². The van der Waals surface area contributed by atoms with Crippen LogP contribution in [0, 0.1) is 0 Å². The number of aromatic nitrogens is 1. The van der Waals surface area contributed by atoms with Gasteiger partial charge in [-0.25, -0.2) is 4.57 Å². The summed E-state index contributed by atoms with van der Waals surface area (Å²) in [6.07, 6.45) is 2.06. The molecule has 15 heavy (non-hydrogen) atoms. The molecule has 2 rings (SSSR count). The van der Waals surface area contributed by atoms with E-state index in [2.05, 4.69) is 54.2 Å². The Morgan fingerprint density at radius 2 is 1.73 bits per heavy atom. The molecule has 0 N–H and O–H groups in total. The summed E-state index contributed by atoms with van der Waals surface area (Å²) in [5, 5.41) is 10.2. The molecule has 0 atom stereocenters. The summed E-state index contributed by atoms with van der Waals surface area (Å²) in [5.41, 5.74) is 1.27. The molecule has 0 aliphatic rings. The number of hydrogen-bond donors (Lipinski definition) is 0. The predicted molar refractivity (Wildman–Crippen MR) is 55.8 cm³/mol. The molecule has 2 aromatic rings. The summed E-state index contributed by atoms with van der Waals surface area (Å²) in [6.45, 7) is 0.972. The number of pyridine rings is 1. The number of carbonyl (C=O) groups is 1. The fraction of sp³-hybridized carbons (Fsp3) is 0.167. The van der Waals surface area contributed by atoms with Gasteiger partial charge in [0.25, 0.3) is 0 Å². The molecule has 0 fully saturated rings. The van der Waals surface area contributed by atoms with Crippen molar-refractivity contribution in [3.05, 3.63) is 42.6 Å². The third-order valence-corrected chi connectivity index (χ3v) is 1.90. The van der Waals surface area contributed by atoms with Gasteiger partial charge in [0.2, 0.25) is 5.52 Å². The number of nitrogens with zero attached hydrogens (tertiary/aromatic N) is 1. The standard InChI is InChI=1S/C10H10N.C2H4O2/c1-11-8-4-6-9-5-2-3-7-10(9)11;1-2(3)4/h2-8H,1H3;1H3,(H,3,4)/q+1;/p-1. The lowest BCUT2D eigenvalue weighted by Crippen LogP contribution is -2.27. The SMILES string of the molecule is CC(=O)[O-].C[n+]1cccc2ccccc21. The number of carboxylic acid groups (broad SMARTS) is 1. The van der Waals surface area contributed by atoms with Gasteiger partial charge in [0.1, 0.15) is 7.05 Å². The Labute approximate surface area is 88.6 Å². The van der Waals surface area contributed by atoms with Gasteiger partial charge in [0, 0.05) is 23.5 Å². The molecule has 0 spiro atoms. The minimum absolute atomic E-state index is 0.972. The van der Waals surface area contributed by atoms with Crippen molar-refractivity contribution in [3.63, 3.8) is 0 Å². The third kappa shape index (κ3) is 3.38. The van der Waals surface area contributed by atoms with E-state index < -0.39 is 5.97 Å². The maximum absolute atomic E-state index is 8.89. The number of carboxylic acids is 1. The molecule has 78 valence electrons. The summed E-state index contributed by atoms with van der Waals surface area (Å²) in [4.78, 5) is 8.89. The van der Waals surface area contributed by atoms with Crippen LogP contribution in [0.5, 0.6) is 0 Å². The van der Waals surface area contributed by atoms with Gasteiger partial charge in [0.15, 0.2) is 6.20 Å². The molecule has 0 bridgehead atoms. The van der Waals surface area contributed by atoms with Gasteiger partial charge in [-0.3, -0.25) is 0 Å². The quantitative estimate of drug-likeness (QED) is 0.582. The molecule has 1 aromatic carbocycles. The average Bonchev–Trinajstić information content (AvgIpc) is 2.18. The van der Waals surface area contributed by atoms with Crippen LogP contribution in [0.3, 0.4) is 0 Å². The number of carbonyl (C=O) groups excluding carboxylic acids is 1. The smallest absolute Gasteiger partial charge is 0.212 e. The second-order valence-electron chi connectivity index (χ2n) is 3.17. The van der Waals surface area contributed by atoms with Crippen molar-refractivity contribution in [3.8, 4) is 0 Å². The highest BCUT2D eigenvalue weighted by Gasteiger charge is 1.99. The zero-order valence-electron chi connectivity index (χ0n) is 8.81. The Bertz CT molecular complexity index is 457. The van der Waals surface area contributed by atoms with E-state index in [1.165, 1.54) is 10.9 Å². The molecule has 0 aliphatic carbocycles. The number of aryl methyl sites for hydroxylation is 1. The first kappa shape index (κ1) is 11.2. The van der Waals surface area contributed by atoms with Gasteiger partial charge < -0.3 is 9.90 Å². The van der Waals surface area contributed by atoms with Crippen LogP contribution in [0.2, 0.25) is 0 Å². The molecular formula is C12H13NO2. The number of hydrogen-bond acceptors (Lipinski definition) is 2. The summed E-state index contributed by atoms with van der Waals surface area (Å²) in [6, 6.07) is 12.5. The van der Waals surface area contributed by atoms with Crippen molar-refractivity contribution in [1.29, 1.82) is 0 Å². The zero-order valence-corrected chi connectivity index (χ0v) is 8.81. The van der Waals surface area contributed by atoms with Crippen molar-refractivity contribution in [1.82, 2.24) is 0 Å². The third-order valence-electron chi connectivity index (χ3n) is 1.90. The summed E-state index contributed by atoms with van der Waals surface area (Å²) in [5.74, 6) is -1.08. The molecule has 0 radical (unpaired) electrons. The largest absolute Gasteiger partial charge is 0.550 e. The van der Waals surface area contributed by atoms with Crippen LogP contribution >= 0.6 is 0 Å². The van der Waals surface area contributed by atoms with E-state index in [4.69, 9.17) is 9.90 Å². The number of rotatable bonds is 0. The molecule has 0 unspecified atom stereocenters. The molecule has 3 heteroatoms. The monoisotopic (exact) mass is 203 g/mol. The molecule has 3 nitrogen and oxygen atoms in total. The van der Waals surface area contributed by atoms with Crippen molar-refractivity contribution in [2.45, 2.75) is 6.92 Å². The van der Waals surface area contributed by atoms with Crippen molar-refractivity contribution >= 4 is 16.9 Å². The van der Waals surface area contributed by atoms with Crippen molar-refractivity contribution in [2.75, 3.05) is 0 Å². The van der Waals surface area contributed by atoms with Crippen LogP contribution in [0.1, 0.15) is 6.92 Å². The van der Waals surface area contributed by atoms with Crippen LogP contribution in [-0.4, -0.2) is 5.97 Å². The van der Waals surface area contributed by atoms with E-state index in [1.807, 2.05) is 0 Å². The highest BCUT2D eigenvalue weighted by molar-refractivity contribution is 5.74. The number of para-hydroxylation sites is 1. The van der Waals surface area contributed by atoms with Gasteiger partial charge in [0.05, 0.1) is 0 Å². The predicted octanol–water partition coefficient (Wildman–Crippen LogP) is 0.421. The number of benzene rings is 1. The first-order valence-corrected chi connectivity index (χ1v) is 4.62. The van der Waals surface area contributed by atoms with E-state index in [0.29, 0.717) is 0 Å². The molecule has 0 aliphatic heterocycles. The minimum Gasteiger partial charge on any atom is -0.550 e. The second kappa shape index (κ2) is 5.10. The topological polar surface area (TPSA) is 44.0 Å². The average molecular weight is 203 g/mol. The highest BCUT2D eigenvalue weighted by Crippen LogP contribution is 2.06. The van der Waals surface area contributed by atoms with Crippen LogP contribution in [0.25, 0.3) is 10.9 Å². The fourth-order valence-corrected chi connectivity index (χ4v) is 1.31. The van der Waals surface area contributed by atoms with Gasteiger partial charge in [-0.15, -0.1) is 0 Å². The van der Waals surface area contributed by atoms with Crippen LogP contribution in [0.4, 0.5) is 0 Å². The second-order valence-corrected chi connectivity index (χ2v) is 3.17. The van der Waals surface area contributed by atoms with E-state index in [9.17, 15) is 0 Å². The Balaban J connectivity index is 0.000000245. The lowest BCUT2D eigenvalue weighted by molar-refractivity contribution is -0.644. The molecule has 0 amide bonds. The van der Waals surface area contributed by atoms with Crippen LogP contribution in [0.15, 0.2) is 42.6 Å². The Morgan fingerprint density at radius 1 is 1.20 bits per heavy atom. The number of fused-ring (bicyclic) bond motifs is 1. The zero-order chi connectivity index (χ0) is 11.3. The molecular weight excluding hydrogens is 190 g/mol. The highest BCUT2D eigenvalue weighted by atomic mass is 16.4. The molecule has 0 saturated carbocycles. The fourth-order valence-electron chi connectivity index (χ4n) is 1.31. The molecule has 1 heterocycles. The normalized spacial score (nSPS) is 9.20. The van der Waals surface area contributed by atoms with Gasteiger partial charge >= 0.3 is 0 Å². The maximum atomic E-state index is 8.89. The van der Waals surface area contributed by atoms with Crippen molar-refractivity contribution in [2.24, 2.45) is 7.05 Å². The number of aliphatic carboxylic acids is 1. The Kier molecular flexibility index (Phi) is 3.80. The van der Waals surface area contributed by atoms with Gasteiger partial charge in [-0.05, 0) is 19.1 Å². The summed E-state index contributed by atoms with van der Waals surface area (Å²) >= 11 is 0. The van der Waals surface area contributed by atoms with E-state index in [1.54, 1.807) is 0 Å². The van der Waals surface area contributed by atoms with Crippen LogP contribution in [-0.2, 0) is 11.8 Å². The maximum Gasteiger partial charge on any atom is 0.212 e. The van der Waals surface area contributed by atoms with E-state index >= 15 is 0 Å². The lowest BCUT2D eigenvalue weighted by atomic mass is 10.2. The van der Waals surface area contributed by atoms with Crippen LogP contribution < -0.4 is 9.67 Å². The molecule has 1 aromatic heterocycles. The first-order valence-electron chi connectivity index (χ1n) is 4.62. The Morgan fingerprint density at radius 3 is 2.33 bits per heavy atom. The summed E-state index contributed by atoms with van der Waals surface area (Å²) in [7, 11) is 2.06. The van der Waals surface area contributed by atoms with E-state index in [-0.39, 0.29) is 0 Å². The first-order chi connectivity index (χ1) is 7.11. The Hall–Kier alpha value is -1.90. The van der Waals surface area contributed by atoms with E-state index in [0.717, 1.165) is 6.92 Å². The van der Waals surface area contributed by atoms with Gasteiger partial charge in [-0.1, -0.05) is 12.1 Å². The minimum atomic E-state index is -1.08. The van der Waals surface area contributed by atoms with Gasteiger partial charge in [-0.2, -0.15) is 0 Å². The summed E-state index contributed by atoms with van der Waals surface area (Å²) < 4.78 is 2.12. The lowest BCUT2D eigenvalue weighted by Gasteiger charge is -1.93.